The Balaban J connectivity index is 2.53. The van der Waals surface area contributed by atoms with E-state index in [1.807, 2.05) is 6.08 Å². The van der Waals surface area contributed by atoms with Crippen LogP contribution >= 0.6 is 11.9 Å². The molecule has 0 radical (unpaired) electrons. The van der Waals surface area contributed by atoms with Gasteiger partial charge in [-0.05, 0) is 42.5 Å². The van der Waals surface area contributed by atoms with Gasteiger partial charge in [0.2, 0.25) is 0 Å². The summed E-state index contributed by atoms with van der Waals surface area (Å²) >= 11 is 1.74. The van der Waals surface area contributed by atoms with Crippen molar-refractivity contribution >= 4 is 18.0 Å². The van der Waals surface area contributed by atoms with Crippen LogP contribution in [-0.4, -0.2) is 12.6 Å². The Morgan fingerprint density at radius 3 is 2.63 bits per heavy atom. The highest BCUT2D eigenvalue weighted by molar-refractivity contribution is 7.97. The maximum atomic E-state index is 5.48. The molecular weight excluding hydrogens is 252 g/mol. The van der Waals surface area contributed by atoms with Crippen LogP contribution in [0.3, 0.4) is 0 Å². The summed E-state index contributed by atoms with van der Waals surface area (Å²) in [6, 6.07) is 9.15. The first-order chi connectivity index (χ1) is 9.30. The second kappa shape index (κ2) is 10.1. The Kier molecular flexibility index (Phi) is 8.63. The van der Waals surface area contributed by atoms with Gasteiger partial charge in [-0.1, -0.05) is 51.0 Å². The number of hydrogen-bond acceptors (Lipinski definition) is 3. The van der Waals surface area contributed by atoms with E-state index in [2.05, 4.69) is 48.9 Å². The molecular formula is C16H26N2S. The molecule has 1 rings (SSSR count). The highest BCUT2D eigenvalue weighted by Gasteiger charge is 2.06. The van der Waals surface area contributed by atoms with Gasteiger partial charge in [0.1, 0.15) is 0 Å². The molecule has 3 N–H and O–H groups in total. The second-order valence-electron chi connectivity index (χ2n) is 4.70. The molecule has 0 heterocycles. The van der Waals surface area contributed by atoms with Crippen LogP contribution in [0.1, 0.15) is 45.1 Å². The van der Waals surface area contributed by atoms with E-state index in [1.165, 1.54) is 36.1 Å². The summed E-state index contributed by atoms with van der Waals surface area (Å²) in [6.45, 7) is 5.07. The van der Waals surface area contributed by atoms with Crippen molar-refractivity contribution in [1.29, 1.82) is 0 Å². The summed E-state index contributed by atoms with van der Waals surface area (Å²) in [5, 5.41) is 0. The standard InChI is InChI=1S/C16H26N2S/c1-3-7-15(8-4-2)18-19-16-11-5-9-14(13-16)10-6-12-17/h5-6,9-11,13,15,18H,3-4,7-8,12,17H2,1-2H3/b10-6+. The Morgan fingerprint density at radius 2 is 2.00 bits per heavy atom. The molecule has 0 aromatic heterocycles. The van der Waals surface area contributed by atoms with Gasteiger partial charge in [0, 0.05) is 17.5 Å². The first-order valence-corrected chi connectivity index (χ1v) is 8.00. The molecule has 0 aliphatic heterocycles. The molecule has 0 aliphatic rings. The van der Waals surface area contributed by atoms with E-state index in [0.717, 1.165) is 0 Å². The average Bonchev–Trinajstić information content (AvgIpc) is 2.43. The minimum Gasteiger partial charge on any atom is -0.327 e. The fraction of sp³-hybridized carbons (Fsp3) is 0.500. The summed E-state index contributed by atoms with van der Waals surface area (Å²) in [5.41, 5.74) is 6.68. The molecule has 19 heavy (non-hydrogen) atoms. The predicted molar refractivity (Wildman–Crippen MR) is 87.1 cm³/mol. The van der Waals surface area contributed by atoms with Gasteiger partial charge in [0.25, 0.3) is 0 Å². The van der Waals surface area contributed by atoms with E-state index in [-0.39, 0.29) is 0 Å². The molecule has 1 aromatic carbocycles. The number of nitrogens with one attached hydrogen (secondary N) is 1. The van der Waals surface area contributed by atoms with Crippen LogP contribution < -0.4 is 10.5 Å². The van der Waals surface area contributed by atoms with Crippen LogP contribution in [0, 0.1) is 0 Å². The van der Waals surface area contributed by atoms with Crippen LogP contribution in [0.5, 0.6) is 0 Å². The molecule has 0 saturated heterocycles. The molecule has 0 aliphatic carbocycles. The molecule has 0 bridgehead atoms. The van der Waals surface area contributed by atoms with E-state index in [0.29, 0.717) is 12.6 Å². The molecule has 1 aromatic rings. The zero-order chi connectivity index (χ0) is 13.9. The van der Waals surface area contributed by atoms with E-state index >= 15 is 0 Å². The Morgan fingerprint density at radius 1 is 1.26 bits per heavy atom. The van der Waals surface area contributed by atoms with Crippen molar-refractivity contribution in [3.63, 3.8) is 0 Å². The van der Waals surface area contributed by atoms with Crippen molar-refractivity contribution in [2.75, 3.05) is 6.54 Å². The Bertz CT molecular complexity index is 371. The first-order valence-electron chi connectivity index (χ1n) is 7.19. The lowest BCUT2D eigenvalue weighted by molar-refractivity contribution is 0.525. The van der Waals surface area contributed by atoms with E-state index in [1.54, 1.807) is 11.9 Å². The SMILES string of the molecule is CCCC(CCC)NSc1cccc(/C=C/CN)c1. The third-order valence-electron chi connectivity index (χ3n) is 2.92. The Hall–Kier alpha value is -0.770. The van der Waals surface area contributed by atoms with E-state index < -0.39 is 0 Å². The normalized spacial score (nSPS) is 11.6. The molecule has 106 valence electrons. The van der Waals surface area contributed by atoms with E-state index in [4.69, 9.17) is 5.73 Å². The van der Waals surface area contributed by atoms with Crippen molar-refractivity contribution in [2.24, 2.45) is 5.73 Å². The minimum atomic E-state index is 0.588. The molecule has 0 atom stereocenters. The van der Waals surface area contributed by atoms with Crippen LogP contribution in [0.4, 0.5) is 0 Å². The molecule has 0 unspecified atom stereocenters. The van der Waals surface area contributed by atoms with Gasteiger partial charge in [-0.25, -0.2) is 0 Å². The van der Waals surface area contributed by atoms with Crippen molar-refractivity contribution in [3.05, 3.63) is 35.9 Å². The van der Waals surface area contributed by atoms with Gasteiger partial charge in [-0.3, -0.25) is 4.72 Å². The lowest BCUT2D eigenvalue weighted by Gasteiger charge is -2.16. The minimum absolute atomic E-state index is 0.588. The summed E-state index contributed by atoms with van der Waals surface area (Å²) in [5.74, 6) is 0. The fourth-order valence-corrected chi connectivity index (χ4v) is 2.88. The monoisotopic (exact) mass is 278 g/mol. The maximum Gasteiger partial charge on any atom is 0.0234 e. The highest BCUT2D eigenvalue weighted by Crippen LogP contribution is 2.19. The molecule has 0 spiro atoms. The Labute approximate surface area is 122 Å². The smallest absolute Gasteiger partial charge is 0.0234 e. The second-order valence-corrected chi connectivity index (χ2v) is 5.62. The summed E-state index contributed by atoms with van der Waals surface area (Å²) < 4.78 is 3.59. The number of benzene rings is 1. The number of nitrogens with two attached hydrogens (primary N) is 1. The van der Waals surface area contributed by atoms with Gasteiger partial charge in [0.05, 0.1) is 0 Å². The molecule has 2 nitrogen and oxygen atoms in total. The maximum absolute atomic E-state index is 5.48. The third-order valence-corrected chi connectivity index (χ3v) is 3.86. The van der Waals surface area contributed by atoms with Crippen molar-refractivity contribution in [2.45, 2.75) is 50.5 Å². The predicted octanol–water partition coefficient (Wildman–Crippen LogP) is 4.22. The van der Waals surface area contributed by atoms with Crippen LogP contribution in [0.25, 0.3) is 6.08 Å². The summed E-state index contributed by atoms with van der Waals surface area (Å²) in [6.07, 6.45) is 9.00. The largest absolute Gasteiger partial charge is 0.327 e. The van der Waals surface area contributed by atoms with Gasteiger partial charge >= 0.3 is 0 Å². The zero-order valence-electron chi connectivity index (χ0n) is 12.1. The quantitative estimate of drug-likeness (QED) is 0.664. The van der Waals surface area contributed by atoms with Gasteiger partial charge < -0.3 is 5.73 Å². The lowest BCUT2D eigenvalue weighted by Crippen LogP contribution is -2.22. The zero-order valence-corrected chi connectivity index (χ0v) is 12.9. The van der Waals surface area contributed by atoms with Crippen molar-refractivity contribution in [3.8, 4) is 0 Å². The van der Waals surface area contributed by atoms with Crippen LogP contribution in [0.15, 0.2) is 35.2 Å². The van der Waals surface area contributed by atoms with Gasteiger partial charge in [-0.2, -0.15) is 0 Å². The fourth-order valence-electron chi connectivity index (χ4n) is 2.00. The summed E-state index contributed by atoms with van der Waals surface area (Å²) in [7, 11) is 0. The molecule has 0 amide bonds. The van der Waals surface area contributed by atoms with Crippen molar-refractivity contribution in [1.82, 2.24) is 4.72 Å². The average molecular weight is 278 g/mol. The highest BCUT2D eigenvalue weighted by atomic mass is 32.2. The first kappa shape index (κ1) is 16.3. The summed E-state index contributed by atoms with van der Waals surface area (Å²) in [4.78, 5) is 1.26. The molecule has 3 heteroatoms. The van der Waals surface area contributed by atoms with Gasteiger partial charge in [0.15, 0.2) is 0 Å². The van der Waals surface area contributed by atoms with Crippen LogP contribution in [0.2, 0.25) is 0 Å². The third kappa shape index (κ3) is 6.81. The van der Waals surface area contributed by atoms with E-state index in [9.17, 15) is 0 Å². The topological polar surface area (TPSA) is 38.0 Å². The van der Waals surface area contributed by atoms with Gasteiger partial charge in [-0.15, -0.1) is 0 Å². The molecule has 0 saturated carbocycles. The van der Waals surface area contributed by atoms with Crippen LogP contribution in [-0.2, 0) is 0 Å². The number of hydrogen-bond donors (Lipinski definition) is 2. The molecule has 0 fully saturated rings. The lowest BCUT2D eigenvalue weighted by atomic mass is 10.1. The number of rotatable bonds is 9. The van der Waals surface area contributed by atoms with Crippen molar-refractivity contribution < 1.29 is 0 Å².